The Morgan fingerprint density at radius 2 is 2.10 bits per heavy atom. The first-order valence-corrected chi connectivity index (χ1v) is 6.49. The molecule has 0 heterocycles. The first-order valence-electron chi connectivity index (χ1n) is 6.49. The summed E-state index contributed by atoms with van der Waals surface area (Å²) in [7, 11) is 1.44. The molecule has 2 amide bonds. The van der Waals surface area contributed by atoms with Crippen molar-refractivity contribution in [3.05, 3.63) is 24.0 Å². The molecule has 7 heteroatoms. The largest absolute Gasteiger partial charge is 0.491 e. The second kappa shape index (κ2) is 7.47. The Kier molecular flexibility index (Phi) is 5.95. The molecule has 0 bridgehead atoms. The fourth-order valence-electron chi connectivity index (χ4n) is 1.52. The molecule has 2 N–H and O–H groups in total. The Balaban J connectivity index is 2.65. The fraction of sp³-hybridized carbons (Fsp3) is 0.429. The van der Waals surface area contributed by atoms with E-state index in [0.717, 1.165) is 0 Å². The van der Waals surface area contributed by atoms with Crippen molar-refractivity contribution in [1.29, 1.82) is 0 Å². The van der Waals surface area contributed by atoms with Gasteiger partial charge >= 0.3 is 12.0 Å². The Morgan fingerprint density at radius 1 is 1.43 bits per heavy atom. The number of halogens is 1. The van der Waals surface area contributed by atoms with E-state index in [1.165, 1.54) is 24.1 Å². The van der Waals surface area contributed by atoms with Crippen LogP contribution in [-0.4, -0.2) is 41.7 Å². The van der Waals surface area contributed by atoms with Crippen molar-refractivity contribution in [3.63, 3.8) is 0 Å². The summed E-state index contributed by atoms with van der Waals surface area (Å²) in [6.45, 7) is 3.69. The molecular formula is C14H19FN2O4. The summed E-state index contributed by atoms with van der Waals surface area (Å²) in [5.74, 6) is -1.25. The Bertz CT molecular complexity index is 520. The molecule has 116 valence electrons. The predicted molar refractivity (Wildman–Crippen MR) is 76.1 cm³/mol. The molecule has 21 heavy (non-hydrogen) atoms. The molecule has 0 saturated heterocycles. The molecule has 0 saturated carbocycles. The number of benzene rings is 1. The van der Waals surface area contributed by atoms with E-state index in [1.807, 2.05) is 13.8 Å². The third kappa shape index (κ3) is 5.68. The Labute approximate surface area is 122 Å². The lowest BCUT2D eigenvalue weighted by molar-refractivity contribution is -0.137. The minimum atomic E-state index is -1.00. The fourth-order valence-corrected chi connectivity index (χ4v) is 1.52. The van der Waals surface area contributed by atoms with Gasteiger partial charge in [-0.1, -0.05) is 0 Å². The minimum absolute atomic E-state index is 0.0123. The van der Waals surface area contributed by atoms with E-state index in [0.29, 0.717) is 5.75 Å². The first kappa shape index (κ1) is 16.7. The number of rotatable bonds is 6. The summed E-state index contributed by atoms with van der Waals surface area (Å²) in [6, 6.07) is 3.56. The molecule has 0 unspecified atom stereocenters. The lowest BCUT2D eigenvalue weighted by Crippen LogP contribution is -2.33. The highest BCUT2D eigenvalue weighted by molar-refractivity contribution is 5.89. The predicted octanol–water partition coefficient (Wildman–Crippen LogP) is 2.55. The lowest BCUT2D eigenvalue weighted by atomic mass is 10.3. The molecule has 0 spiro atoms. The highest BCUT2D eigenvalue weighted by Crippen LogP contribution is 2.21. The number of amides is 2. The van der Waals surface area contributed by atoms with Crippen LogP contribution in [0, 0.1) is 5.82 Å². The lowest BCUT2D eigenvalue weighted by Gasteiger charge is -2.17. The number of anilines is 1. The van der Waals surface area contributed by atoms with Crippen LogP contribution in [0.2, 0.25) is 0 Å². The van der Waals surface area contributed by atoms with Crippen LogP contribution in [0.15, 0.2) is 18.2 Å². The summed E-state index contributed by atoms with van der Waals surface area (Å²) in [5, 5.41) is 10.9. The molecular weight excluding hydrogens is 279 g/mol. The van der Waals surface area contributed by atoms with E-state index in [1.54, 1.807) is 6.07 Å². The second-order valence-corrected chi connectivity index (χ2v) is 4.80. The zero-order valence-electron chi connectivity index (χ0n) is 12.2. The number of carboxylic acid groups (broad SMARTS) is 1. The smallest absolute Gasteiger partial charge is 0.321 e. The van der Waals surface area contributed by atoms with Crippen LogP contribution in [0.5, 0.6) is 5.75 Å². The van der Waals surface area contributed by atoms with Crippen molar-refractivity contribution < 1.29 is 23.8 Å². The molecule has 1 rings (SSSR count). The number of carbonyl (C=O) groups is 2. The SMILES string of the molecule is CC(C)Oc1ccc(NC(=O)N(C)CCC(=O)O)c(F)c1. The van der Waals surface area contributed by atoms with Gasteiger partial charge < -0.3 is 20.1 Å². The number of ether oxygens (including phenoxy) is 1. The number of nitrogens with zero attached hydrogens (tertiary/aromatic N) is 1. The second-order valence-electron chi connectivity index (χ2n) is 4.80. The van der Waals surface area contributed by atoms with E-state index in [9.17, 15) is 14.0 Å². The van der Waals surface area contributed by atoms with Crippen LogP contribution in [0.25, 0.3) is 0 Å². The maximum absolute atomic E-state index is 13.8. The van der Waals surface area contributed by atoms with Crippen molar-refractivity contribution in [1.82, 2.24) is 4.90 Å². The van der Waals surface area contributed by atoms with E-state index in [2.05, 4.69) is 5.32 Å². The van der Waals surface area contributed by atoms with E-state index in [-0.39, 0.29) is 24.8 Å². The van der Waals surface area contributed by atoms with Crippen LogP contribution >= 0.6 is 0 Å². The normalized spacial score (nSPS) is 10.3. The van der Waals surface area contributed by atoms with Gasteiger partial charge in [0.1, 0.15) is 11.6 Å². The monoisotopic (exact) mass is 298 g/mol. The summed E-state index contributed by atoms with van der Waals surface area (Å²) in [4.78, 5) is 23.4. The molecule has 6 nitrogen and oxygen atoms in total. The average molecular weight is 298 g/mol. The zero-order valence-corrected chi connectivity index (χ0v) is 12.2. The molecule has 0 aliphatic rings. The van der Waals surface area contributed by atoms with Gasteiger partial charge in [-0.2, -0.15) is 0 Å². The van der Waals surface area contributed by atoms with Gasteiger partial charge in [0.25, 0.3) is 0 Å². The van der Waals surface area contributed by atoms with Gasteiger partial charge in [-0.3, -0.25) is 4.79 Å². The Hall–Kier alpha value is -2.31. The van der Waals surface area contributed by atoms with E-state index >= 15 is 0 Å². The molecule has 0 fully saturated rings. The number of urea groups is 1. The van der Waals surface area contributed by atoms with Crippen LogP contribution in [0.3, 0.4) is 0 Å². The van der Waals surface area contributed by atoms with Crippen LogP contribution in [0.1, 0.15) is 20.3 Å². The molecule has 0 aromatic heterocycles. The van der Waals surface area contributed by atoms with Gasteiger partial charge in [0.2, 0.25) is 0 Å². The number of carboxylic acids is 1. The topological polar surface area (TPSA) is 78.9 Å². The van der Waals surface area contributed by atoms with Gasteiger partial charge in [-0.05, 0) is 26.0 Å². The van der Waals surface area contributed by atoms with Crippen LogP contribution in [-0.2, 0) is 4.79 Å². The Morgan fingerprint density at radius 3 is 2.62 bits per heavy atom. The molecule has 0 radical (unpaired) electrons. The maximum Gasteiger partial charge on any atom is 0.321 e. The molecule has 0 aliphatic heterocycles. The quantitative estimate of drug-likeness (QED) is 0.846. The molecule has 1 aromatic carbocycles. The van der Waals surface area contributed by atoms with Crippen molar-refractivity contribution in [2.45, 2.75) is 26.4 Å². The summed E-state index contributed by atoms with van der Waals surface area (Å²) >= 11 is 0. The minimum Gasteiger partial charge on any atom is -0.491 e. The van der Waals surface area contributed by atoms with Gasteiger partial charge in [0.15, 0.2) is 0 Å². The third-order valence-corrected chi connectivity index (χ3v) is 2.56. The van der Waals surface area contributed by atoms with Crippen molar-refractivity contribution in [2.24, 2.45) is 0 Å². The van der Waals surface area contributed by atoms with Crippen LogP contribution in [0.4, 0.5) is 14.9 Å². The average Bonchev–Trinajstić information content (AvgIpc) is 2.38. The standard InChI is InChI=1S/C14H19FN2O4/c1-9(2)21-10-4-5-12(11(15)8-10)16-14(20)17(3)7-6-13(18)19/h4-5,8-9H,6-7H2,1-3H3,(H,16,20)(H,18,19). The molecule has 0 atom stereocenters. The number of hydrogen-bond acceptors (Lipinski definition) is 3. The first-order chi connectivity index (χ1) is 9.79. The number of aliphatic carboxylic acids is 1. The van der Waals surface area contributed by atoms with E-state index < -0.39 is 17.8 Å². The third-order valence-electron chi connectivity index (χ3n) is 2.56. The van der Waals surface area contributed by atoms with Crippen molar-refractivity contribution in [2.75, 3.05) is 18.9 Å². The van der Waals surface area contributed by atoms with Gasteiger partial charge in [0, 0.05) is 19.7 Å². The highest BCUT2D eigenvalue weighted by Gasteiger charge is 2.13. The number of hydrogen-bond donors (Lipinski definition) is 2. The summed E-state index contributed by atoms with van der Waals surface area (Å²) in [5.41, 5.74) is 0.0123. The van der Waals surface area contributed by atoms with Crippen molar-refractivity contribution >= 4 is 17.7 Å². The summed E-state index contributed by atoms with van der Waals surface area (Å²) in [6.07, 6.45) is -0.250. The molecule has 1 aromatic rings. The summed E-state index contributed by atoms with van der Waals surface area (Å²) < 4.78 is 19.2. The number of nitrogens with one attached hydrogen (secondary N) is 1. The van der Waals surface area contributed by atoms with Crippen molar-refractivity contribution in [3.8, 4) is 5.75 Å². The maximum atomic E-state index is 13.8. The highest BCUT2D eigenvalue weighted by atomic mass is 19.1. The van der Waals surface area contributed by atoms with Crippen LogP contribution < -0.4 is 10.1 Å². The van der Waals surface area contributed by atoms with Gasteiger partial charge in [-0.25, -0.2) is 9.18 Å². The van der Waals surface area contributed by atoms with E-state index in [4.69, 9.17) is 9.84 Å². The number of carbonyl (C=O) groups excluding carboxylic acids is 1. The molecule has 0 aliphatic carbocycles. The zero-order chi connectivity index (χ0) is 16.0. The van der Waals surface area contributed by atoms with Gasteiger partial charge in [-0.15, -0.1) is 0 Å². The van der Waals surface area contributed by atoms with Gasteiger partial charge in [0.05, 0.1) is 18.2 Å².